The molecule has 2 aromatic carbocycles. The minimum atomic E-state index is -0.506. The minimum Gasteiger partial charge on any atom is -0.493 e. The maximum atomic E-state index is 13.9. The molecular weight excluding hydrogens is 511 g/mol. The molecule has 2 heterocycles. The Kier molecular flexibility index (Phi) is 6.66. The van der Waals surface area contributed by atoms with Crippen molar-refractivity contribution in [3.8, 4) is 11.5 Å². The van der Waals surface area contributed by atoms with Crippen molar-refractivity contribution >= 4 is 55.7 Å². The highest BCUT2D eigenvalue weighted by atomic mass is 79.9. The summed E-state index contributed by atoms with van der Waals surface area (Å²) in [4.78, 5) is 16.7. The number of hydrazone groups is 1. The van der Waals surface area contributed by atoms with Crippen LogP contribution in [0.5, 0.6) is 11.5 Å². The van der Waals surface area contributed by atoms with E-state index in [-0.39, 0.29) is 29.8 Å². The third kappa shape index (κ3) is 4.72. The fourth-order valence-corrected chi connectivity index (χ4v) is 4.60. The first-order valence-electron chi connectivity index (χ1n) is 10.0. The molecular formula is C23H20BrFN4O3S. The first-order chi connectivity index (χ1) is 15.8. The number of fused-ring (bicyclic) bond motifs is 1. The molecule has 0 atom stereocenters. The predicted octanol–water partition coefficient (Wildman–Crippen LogP) is 5.45. The number of carbonyl (C=O) groups excluding carboxylic acids is 1. The van der Waals surface area contributed by atoms with Crippen molar-refractivity contribution in [2.45, 2.75) is 20.5 Å². The van der Waals surface area contributed by atoms with E-state index in [0.29, 0.717) is 32.3 Å². The summed E-state index contributed by atoms with van der Waals surface area (Å²) < 4.78 is 25.8. The molecule has 0 unspecified atom stereocenters. The van der Waals surface area contributed by atoms with Crippen molar-refractivity contribution in [1.29, 1.82) is 5.41 Å². The van der Waals surface area contributed by atoms with Gasteiger partial charge in [-0.05, 0) is 57.5 Å². The van der Waals surface area contributed by atoms with Crippen molar-refractivity contribution < 1.29 is 18.7 Å². The zero-order chi connectivity index (χ0) is 23.7. The number of amidine groups is 2. The fourth-order valence-electron chi connectivity index (χ4n) is 3.14. The Morgan fingerprint density at radius 3 is 2.76 bits per heavy atom. The first-order valence-corrected chi connectivity index (χ1v) is 11.6. The number of ether oxygens (including phenoxy) is 2. The first kappa shape index (κ1) is 23.2. The van der Waals surface area contributed by atoms with Crippen molar-refractivity contribution in [2.24, 2.45) is 16.0 Å². The lowest BCUT2D eigenvalue weighted by Crippen LogP contribution is -2.35. The van der Waals surface area contributed by atoms with E-state index in [4.69, 9.17) is 14.9 Å². The van der Waals surface area contributed by atoms with Gasteiger partial charge >= 0.3 is 0 Å². The highest BCUT2D eigenvalue weighted by Gasteiger charge is 2.36. The normalized spacial score (nSPS) is 16.8. The van der Waals surface area contributed by atoms with Gasteiger partial charge in [-0.2, -0.15) is 15.1 Å². The van der Waals surface area contributed by atoms with Gasteiger partial charge in [-0.3, -0.25) is 10.2 Å². The Bertz CT molecular complexity index is 1240. The summed E-state index contributed by atoms with van der Waals surface area (Å²) >= 11 is 4.76. The molecule has 1 amide bonds. The zero-order valence-corrected chi connectivity index (χ0v) is 20.5. The SMILES string of the molecule is COc1cc(/C=C2\C(=N)N3N=C(C(C)C)SC3=NC2=O)cc(Br)c1OCc1ccccc1F. The van der Waals surface area contributed by atoms with Gasteiger partial charge in [0, 0.05) is 11.5 Å². The number of aliphatic imine (C=N–C) groups is 1. The van der Waals surface area contributed by atoms with Gasteiger partial charge in [-0.25, -0.2) is 4.39 Å². The Morgan fingerprint density at radius 2 is 2.06 bits per heavy atom. The summed E-state index contributed by atoms with van der Waals surface area (Å²) in [7, 11) is 1.49. The lowest BCUT2D eigenvalue weighted by atomic mass is 10.1. The molecule has 0 aromatic heterocycles. The van der Waals surface area contributed by atoms with Crippen molar-refractivity contribution in [2.75, 3.05) is 7.11 Å². The Labute approximate surface area is 203 Å². The number of nitrogens with one attached hydrogen (secondary N) is 1. The quantitative estimate of drug-likeness (QED) is 0.501. The smallest absolute Gasteiger partial charge is 0.283 e. The van der Waals surface area contributed by atoms with Gasteiger partial charge in [0.25, 0.3) is 5.91 Å². The summed E-state index contributed by atoms with van der Waals surface area (Å²) in [6.45, 7) is 4.00. The number of nitrogens with zero attached hydrogens (tertiary/aromatic N) is 3. The number of carbonyl (C=O) groups is 1. The lowest BCUT2D eigenvalue weighted by Gasteiger charge is -2.20. The summed E-state index contributed by atoms with van der Waals surface area (Å²) in [5.41, 5.74) is 1.13. The summed E-state index contributed by atoms with van der Waals surface area (Å²) in [5, 5.41) is 15.5. The standard InChI is InChI=1S/C23H20BrFN4O3S/c1-12(2)22-28-29-20(26)15(21(30)27-23(29)33-22)8-13-9-16(24)19(18(10-13)31-3)32-11-14-6-4-5-7-17(14)25/h4-10,12,26H,11H2,1-3H3/b15-8+,26-20?. The average molecular weight is 531 g/mol. The Hall–Kier alpha value is -2.98. The molecule has 0 spiro atoms. The van der Waals surface area contributed by atoms with E-state index in [0.717, 1.165) is 5.04 Å². The summed E-state index contributed by atoms with van der Waals surface area (Å²) in [6.07, 6.45) is 1.56. The van der Waals surface area contributed by atoms with Gasteiger partial charge in [0.1, 0.15) is 17.5 Å². The van der Waals surface area contributed by atoms with E-state index in [2.05, 4.69) is 26.0 Å². The number of hydrogen-bond donors (Lipinski definition) is 1. The molecule has 0 fully saturated rings. The van der Waals surface area contributed by atoms with Crippen LogP contribution in [0.15, 0.2) is 56.5 Å². The number of hydrogen-bond acceptors (Lipinski definition) is 6. The summed E-state index contributed by atoms with van der Waals surface area (Å²) in [5.74, 6) is 0.0538. The van der Waals surface area contributed by atoms with Crippen LogP contribution in [0.1, 0.15) is 25.0 Å². The van der Waals surface area contributed by atoms with Gasteiger partial charge in [0.05, 0.1) is 17.2 Å². The van der Waals surface area contributed by atoms with Crippen LogP contribution in [0, 0.1) is 17.1 Å². The largest absolute Gasteiger partial charge is 0.493 e. The number of rotatable bonds is 6. The van der Waals surface area contributed by atoms with Crippen molar-refractivity contribution in [1.82, 2.24) is 5.01 Å². The average Bonchev–Trinajstić information content (AvgIpc) is 3.21. The molecule has 4 rings (SSSR count). The molecule has 170 valence electrons. The molecule has 33 heavy (non-hydrogen) atoms. The van der Waals surface area contributed by atoms with E-state index in [1.807, 2.05) is 13.8 Å². The van der Waals surface area contributed by atoms with Crippen LogP contribution < -0.4 is 9.47 Å². The van der Waals surface area contributed by atoms with E-state index in [9.17, 15) is 9.18 Å². The van der Waals surface area contributed by atoms with Crippen molar-refractivity contribution in [3.05, 3.63) is 63.4 Å². The van der Waals surface area contributed by atoms with Gasteiger partial charge < -0.3 is 9.47 Å². The Balaban J connectivity index is 1.62. The molecule has 0 aliphatic carbocycles. The number of benzene rings is 2. The number of halogens is 2. The minimum absolute atomic E-state index is 0.0194. The van der Waals surface area contributed by atoms with Gasteiger partial charge in [-0.15, -0.1) is 0 Å². The number of methoxy groups -OCH3 is 1. The zero-order valence-electron chi connectivity index (χ0n) is 18.1. The molecule has 0 saturated carbocycles. The highest BCUT2D eigenvalue weighted by Crippen LogP contribution is 2.38. The molecule has 10 heteroatoms. The van der Waals surface area contributed by atoms with Crippen LogP contribution in [0.25, 0.3) is 6.08 Å². The lowest BCUT2D eigenvalue weighted by molar-refractivity contribution is -0.114. The number of thioether (sulfide) groups is 1. The van der Waals surface area contributed by atoms with Crippen molar-refractivity contribution in [3.63, 3.8) is 0 Å². The van der Waals surface area contributed by atoms with E-state index in [1.54, 1.807) is 36.4 Å². The molecule has 0 bridgehead atoms. The molecule has 0 radical (unpaired) electrons. The molecule has 2 aromatic rings. The maximum absolute atomic E-state index is 13.9. The van der Waals surface area contributed by atoms with Crippen LogP contribution in [0.2, 0.25) is 0 Å². The van der Waals surface area contributed by atoms with Crippen LogP contribution >= 0.6 is 27.7 Å². The number of amides is 1. The topological polar surface area (TPSA) is 87.3 Å². The second-order valence-corrected chi connectivity index (χ2v) is 9.37. The van der Waals surface area contributed by atoms with Gasteiger partial charge in [-0.1, -0.05) is 32.0 Å². The van der Waals surface area contributed by atoms with E-state index >= 15 is 0 Å². The van der Waals surface area contributed by atoms with Gasteiger partial charge in [0.15, 0.2) is 17.3 Å². The second-order valence-electron chi connectivity index (χ2n) is 7.53. The molecule has 7 nitrogen and oxygen atoms in total. The highest BCUT2D eigenvalue weighted by molar-refractivity contribution is 9.10. The van der Waals surface area contributed by atoms with Crippen LogP contribution in [-0.2, 0) is 11.4 Å². The van der Waals surface area contributed by atoms with Crippen LogP contribution in [0.4, 0.5) is 4.39 Å². The third-order valence-electron chi connectivity index (χ3n) is 4.86. The molecule has 2 aliphatic rings. The van der Waals surface area contributed by atoms with Crippen LogP contribution in [0.3, 0.4) is 0 Å². The molecule has 2 aliphatic heterocycles. The Morgan fingerprint density at radius 1 is 1.30 bits per heavy atom. The molecule has 1 N–H and O–H groups in total. The van der Waals surface area contributed by atoms with E-state index in [1.165, 1.54) is 29.9 Å². The van der Waals surface area contributed by atoms with Crippen LogP contribution in [-0.4, -0.2) is 34.1 Å². The van der Waals surface area contributed by atoms with E-state index < -0.39 is 5.91 Å². The summed E-state index contributed by atoms with van der Waals surface area (Å²) in [6, 6.07) is 9.78. The monoisotopic (exact) mass is 530 g/mol. The maximum Gasteiger partial charge on any atom is 0.283 e. The molecule has 0 saturated heterocycles. The fraction of sp³-hybridized carbons (Fsp3) is 0.217. The third-order valence-corrected chi connectivity index (χ3v) is 6.65. The predicted molar refractivity (Wildman–Crippen MR) is 131 cm³/mol. The van der Waals surface area contributed by atoms with Gasteiger partial charge in [0.2, 0.25) is 5.17 Å². The second kappa shape index (κ2) is 9.48.